The minimum Gasteiger partial charge on any atom is -0.258 e. The molecule has 0 amide bonds. The highest BCUT2D eigenvalue weighted by Gasteiger charge is 2.11. The maximum absolute atomic E-state index is 11.0. The summed E-state index contributed by atoms with van der Waals surface area (Å²) in [6.07, 6.45) is 5.05. The van der Waals surface area contributed by atoms with Gasteiger partial charge in [-0.25, -0.2) is 0 Å². The molecule has 0 fully saturated rings. The molecule has 3 nitrogen and oxygen atoms in total. The number of rotatable bonds is 4. The van der Waals surface area contributed by atoms with Gasteiger partial charge in [-0.15, -0.1) is 0 Å². The van der Waals surface area contributed by atoms with Gasteiger partial charge in [0, 0.05) is 6.08 Å². The average molecular weight is 251 g/mol. The van der Waals surface area contributed by atoms with E-state index < -0.39 is 0 Å². The van der Waals surface area contributed by atoms with E-state index in [4.69, 9.17) is 0 Å². The zero-order chi connectivity index (χ0) is 13.5. The average Bonchev–Trinajstić information content (AvgIpc) is 2.45. The van der Waals surface area contributed by atoms with Crippen molar-refractivity contribution in [2.24, 2.45) is 0 Å². The van der Waals surface area contributed by atoms with Crippen molar-refractivity contribution >= 4 is 11.8 Å². The van der Waals surface area contributed by atoms with Gasteiger partial charge < -0.3 is 0 Å². The van der Waals surface area contributed by atoms with Crippen molar-refractivity contribution in [3.63, 3.8) is 0 Å². The van der Waals surface area contributed by atoms with Crippen molar-refractivity contribution in [2.45, 2.75) is 0 Å². The SMILES string of the molecule is O=[N+]([O-])/C(=C/C=C/c1ccccc1)c1ccccc1. The van der Waals surface area contributed by atoms with Gasteiger partial charge >= 0.3 is 0 Å². The number of nitro groups is 1. The minimum absolute atomic E-state index is 0.0905. The van der Waals surface area contributed by atoms with Crippen molar-refractivity contribution < 1.29 is 4.92 Å². The highest BCUT2D eigenvalue weighted by atomic mass is 16.6. The molecule has 0 radical (unpaired) electrons. The van der Waals surface area contributed by atoms with Gasteiger partial charge in [0.2, 0.25) is 0 Å². The fourth-order valence-corrected chi connectivity index (χ4v) is 1.69. The smallest absolute Gasteiger partial charge is 0.258 e. The summed E-state index contributed by atoms with van der Waals surface area (Å²) in [5.74, 6) is 0. The monoisotopic (exact) mass is 251 g/mol. The Labute approximate surface area is 111 Å². The van der Waals surface area contributed by atoms with E-state index in [9.17, 15) is 10.1 Å². The Hall–Kier alpha value is -2.68. The van der Waals surface area contributed by atoms with E-state index in [1.807, 2.05) is 42.5 Å². The van der Waals surface area contributed by atoms with Gasteiger partial charge in [-0.2, -0.15) is 0 Å². The van der Waals surface area contributed by atoms with Crippen LogP contribution >= 0.6 is 0 Å². The second kappa shape index (κ2) is 6.31. The fraction of sp³-hybridized carbons (Fsp3) is 0. The normalized spacial score (nSPS) is 11.7. The van der Waals surface area contributed by atoms with E-state index in [1.54, 1.807) is 30.3 Å². The molecule has 19 heavy (non-hydrogen) atoms. The Balaban J connectivity index is 2.24. The van der Waals surface area contributed by atoms with Gasteiger partial charge in [-0.1, -0.05) is 60.7 Å². The molecule has 2 aromatic rings. The third-order valence-corrected chi connectivity index (χ3v) is 2.61. The molecule has 0 aliphatic rings. The summed E-state index contributed by atoms with van der Waals surface area (Å²) in [5, 5.41) is 11.0. The second-order valence-corrected chi connectivity index (χ2v) is 3.94. The first-order valence-corrected chi connectivity index (χ1v) is 5.90. The molecule has 2 aromatic carbocycles. The predicted molar refractivity (Wildman–Crippen MR) is 76.9 cm³/mol. The molecular weight excluding hydrogens is 238 g/mol. The third-order valence-electron chi connectivity index (χ3n) is 2.61. The quantitative estimate of drug-likeness (QED) is 0.468. The Morgan fingerprint density at radius 1 is 0.947 bits per heavy atom. The summed E-state index contributed by atoms with van der Waals surface area (Å²) < 4.78 is 0. The number of allylic oxidation sites excluding steroid dienone is 2. The number of benzene rings is 2. The van der Waals surface area contributed by atoms with Gasteiger partial charge in [0.25, 0.3) is 5.70 Å². The van der Waals surface area contributed by atoms with Crippen LogP contribution in [0.2, 0.25) is 0 Å². The molecule has 0 heterocycles. The molecule has 0 saturated carbocycles. The Morgan fingerprint density at radius 2 is 1.53 bits per heavy atom. The second-order valence-electron chi connectivity index (χ2n) is 3.94. The van der Waals surface area contributed by atoms with Crippen LogP contribution in [0, 0.1) is 10.1 Å². The maximum Gasteiger partial charge on any atom is 0.276 e. The molecule has 0 aliphatic heterocycles. The number of hydrogen-bond donors (Lipinski definition) is 0. The van der Waals surface area contributed by atoms with Gasteiger partial charge in [0.1, 0.15) is 0 Å². The van der Waals surface area contributed by atoms with E-state index in [2.05, 4.69) is 0 Å². The van der Waals surface area contributed by atoms with E-state index >= 15 is 0 Å². The van der Waals surface area contributed by atoms with Gasteiger partial charge in [0.05, 0.1) is 10.5 Å². The molecule has 0 atom stereocenters. The Bertz CT molecular complexity index is 601. The standard InChI is InChI=1S/C16H13NO2/c18-17(19)16(15-11-5-2-6-12-15)13-7-10-14-8-3-1-4-9-14/h1-13H/b10-7+,16-13+. The van der Waals surface area contributed by atoms with Gasteiger partial charge in [-0.3, -0.25) is 10.1 Å². The fourth-order valence-electron chi connectivity index (χ4n) is 1.69. The lowest BCUT2D eigenvalue weighted by Crippen LogP contribution is -1.96. The Morgan fingerprint density at radius 3 is 2.11 bits per heavy atom. The minimum atomic E-state index is -0.370. The van der Waals surface area contributed by atoms with E-state index in [0.717, 1.165) is 5.56 Å². The maximum atomic E-state index is 11.0. The lowest BCUT2D eigenvalue weighted by Gasteiger charge is -1.96. The first-order chi connectivity index (χ1) is 9.27. The van der Waals surface area contributed by atoms with Crippen LogP contribution in [0.1, 0.15) is 11.1 Å². The van der Waals surface area contributed by atoms with Crippen LogP contribution in [0.3, 0.4) is 0 Å². The van der Waals surface area contributed by atoms with Crippen molar-refractivity contribution in [2.75, 3.05) is 0 Å². The first kappa shape index (κ1) is 12.8. The van der Waals surface area contributed by atoms with E-state index in [1.165, 1.54) is 6.08 Å². The largest absolute Gasteiger partial charge is 0.276 e. The lowest BCUT2D eigenvalue weighted by molar-refractivity contribution is -0.375. The van der Waals surface area contributed by atoms with Crippen LogP contribution < -0.4 is 0 Å². The zero-order valence-electron chi connectivity index (χ0n) is 10.3. The molecule has 0 spiro atoms. The van der Waals surface area contributed by atoms with Crippen molar-refractivity contribution in [3.05, 3.63) is 94.1 Å². The summed E-state index contributed by atoms with van der Waals surface area (Å²) in [4.78, 5) is 10.7. The van der Waals surface area contributed by atoms with Crippen LogP contribution in [-0.2, 0) is 0 Å². The molecule has 3 heteroatoms. The highest BCUT2D eigenvalue weighted by Crippen LogP contribution is 2.15. The number of hydrogen-bond acceptors (Lipinski definition) is 2. The topological polar surface area (TPSA) is 43.1 Å². The highest BCUT2D eigenvalue weighted by molar-refractivity contribution is 5.62. The Kier molecular flexibility index (Phi) is 4.24. The van der Waals surface area contributed by atoms with Crippen molar-refractivity contribution in [1.82, 2.24) is 0 Å². The van der Waals surface area contributed by atoms with Crippen LogP contribution in [0.5, 0.6) is 0 Å². The van der Waals surface area contributed by atoms with E-state index in [-0.39, 0.29) is 10.6 Å². The summed E-state index contributed by atoms with van der Waals surface area (Å²) in [5.41, 5.74) is 1.70. The van der Waals surface area contributed by atoms with Crippen LogP contribution in [0.25, 0.3) is 11.8 Å². The molecule has 0 aliphatic carbocycles. The molecule has 0 N–H and O–H groups in total. The van der Waals surface area contributed by atoms with Crippen molar-refractivity contribution in [3.8, 4) is 0 Å². The molecule has 0 bridgehead atoms. The molecule has 2 rings (SSSR count). The van der Waals surface area contributed by atoms with Crippen LogP contribution in [0.15, 0.2) is 72.8 Å². The molecule has 0 unspecified atom stereocenters. The third kappa shape index (κ3) is 3.64. The molecule has 0 saturated heterocycles. The molecule has 0 aromatic heterocycles. The van der Waals surface area contributed by atoms with Gasteiger partial charge in [-0.05, 0) is 17.7 Å². The molecular formula is C16H13NO2. The zero-order valence-corrected chi connectivity index (χ0v) is 10.3. The summed E-state index contributed by atoms with van der Waals surface area (Å²) in [6, 6.07) is 18.5. The van der Waals surface area contributed by atoms with Crippen LogP contribution in [0.4, 0.5) is 0 Å². The van der Waals surface area contributed by atoms with E-state index in [0.29, 0.717) is 5.56 Å². The summed E-state index contributed by atoms with van der Waals surface area (Å²) in [7, 11) is 0. The summed E-state index contributed by atoms with van der Waals surface area (Å²) >= 11 is 0. The molecule has 94 valence electrons. The first-order valence-electron chi connectivity index (χ1n) is 5.90. The number of nitrogens with zero attached hydrogens (tertiary/aromatic N) is 1. The van der Waals surface area contributed by atoms with Crippen LogP contribution in [-0.4, -0.2) is 4.92 Å². The lowest BCUT2D eigenvalue weighted by atomic mass is 10.1. The summed E-state index contributed by atoms with van der Waals surface area (Å²) in [6.45, 7) is 0. The van der Waals surface area contributed by atoms with Gasteiger partial charge in [0.15, 0.2) is 0 Å². The predicted octanol–water partition coefficient (Wildman–Crippen LogP) is 4.02. The van der Waals surface area contributed by atoms with Crippen molar-refractivity contribution in [1.29, 1.82) is 0 Å².